The molecule has 0 saturated heterocycles. The van der Waals surface area contributed by atoms with Crippen molar-refractivity contribution in [3.63, 3.8) is 0 Å². The minimum Gasteiger partial charge on any atom is -0.493 e. The summed E-state index contributed by atoms with van der Waals surface area (Å²) in [7, 11) is 3.26. The van der Waals surface area contributed by atoms with Crippen LogP contribution in [0.1, 0.15) is 36.1 Å². The third-order valence-corrected chi connectivity index (χ3v) is 3.64. The van der Waals surface area contributed by atoms with E-state index >= 15 is 0 Å². The smallest absolute Gasteiger partial charge is 0.161 e. The Morgan fingerprint density at radius 3 is 2.10 bits per heavy atom. The lowest BCUT2D eigenvalue weighted by Gasteiger charge is -2.16. The van der Waals surface area contributed by atoms with Crippen molar-refractivity contribution in [3.8, 4) is 11.5 Å². The molecule has 0 amide bonds. The summed E-state index contributed by atoms with van der Waals surface area (Å²) >= 11 is 0. The summed E-state index contributed by atoms with van der Waals surface area (Å²) in [5.74, 6) is 1.42. The molecule has 2 N–H and O–H groups in total. The van der Waals surface area contributed by atoms with Crippen LogP contribution in [0.3, 0.4) is 0 Å². The Kier molecular flexibility index (Phi) is 5.23. The summed E-state index contributed by atoms with van der Waals surface area (Å²) in [6.07, 6.45) is 2.26. The molecule has 3 nitrogen and oxygen atoms in total. The average molecular weight is 285 g/mol. The maximum atomic E-state index is 6.36. The predicted molar refractivity (Wildman–Crippen MR) is 86.0 cm³/mol. The van der Waals surface area contributed by atoms with Crippen molar-refractivity contribution in [1.29, 1.82) is 0 Å². The third kappa shape index (κ3) is 3.56. The van der Waals surface area contributed by atoms with Crippen LogP contribution in [0.5, 0.6) is 11.5 Å². The molecule has 2 aromatic carbocycles. The second-order valence-corrected chi connectivity index (χ2v) is 5.08. The first-order chi connectivity index (χ1) is 10.2. The van der Waals surface area contributed by atoms with E-state index in [1.165, 1.54) is 5.56 Å². The number of rotatable bonds is 6. The molecule has 2 rings (SSSR count). The lowest BCUT2D eigenvalue weighted by Crippen LogP contribution is -2.12. The summed E-state index contributed by atoms with van der Waals surface area (Å²) < 4.78 is 10.6. The average Bonchev–Trinajstić information content (AvgIpc) is 2.54. The highest BCUT2D eigenvalue weighted by molar-refractivity contribution is 5.45. The zero-order valence-electron chi connectivity index (χ0n) is 12.9. The number of benzene rings is 2. The molecule has 0 aliphatic rings. The monoisotopic (exact) mass is 285 g/mol. The summed E-state index contributed by atoms with van der Waals surface area (Å²) in [6.45, 7) is 2.18. The molecule has 0 aliphatic carbocycles. The summed E-state index contributed by atoms with van der Waals surface area (Å²) in [5.41, 5.74) is 9.82. The molecule has 1 atom stereocenters. The quantitative estimate of drug-likeness (QED) is 0.880. The van der Waals surface area contributed by atoms with Crippen LogP contribution in [0, 0.1) is 0 Å². The van der Waals surface area contributed by atoms with Gasteiger partial charge in [-0.2, -0.15) is 0 Å². The Hall–Kier alpha value is -2.00. The van der Waals surface area contributed by atoms with Gasteiger partial charge < -0.3 is 15.2 Å². The van der Waals surface area contributed by atoms with Crippen LogP contribution >= 0.6 is 0 Å². The number of methoxy groups -OCH3 is 2. The van der Waals surface area contributed by atoms with Gasteiger partial charge in [-0.25, -0.2) is 0 Å². The Labute approximate surface area is 126 Å². The van der Waals surface area contributed by atoms with E-state index in [9.17, 15) is 0 Å². The fraction of sp³-hybridized carbons (Fsp3) is 0.333. The molecule has 0 aromatic heterocycles. The van der Waals surface area contributed by atoms with E-state index in [1.807, 2.05) is 18.2 Å². The van der Waals surface area contributed by atoms with Gasteiger partial charge in [0.15, 0.2) is 11.5 Å². The molecular weight excluding hydrogens is 262 g/mol. The Balaban J connectivity index is 2.24. The van der Waals surface area contributed by atoms with Crippen molar-refractivity contribution in [2.24, 2.45) is 5.73 Å². The summed E-state index contributed by atoms with van der Waals surface area (Å²) in [6, 6.07) is 14.1. The Morgan fingerprint density at radius 2 is 1.52 bits per heavy atom. The molecule has 0 aliphatic heterocycles. The topological polar surface area (TPSA) is 44.5 Å². The molecule has 0 spiro atoms. The lowest BCUT2D eigenvalue weighted by atomic mass is 9.97. The van der Waals surface area contributed by atoms with E-state index in [4.69, 9.17) is 15.2 Å². The number of aryl methyl sites for hydroxylation is 1. The molecule has 0 heterocycles. The van der Waals surface area contributed by atoms with Gasteiger partial charge in [-0.05, 0) is 35.2 Å². The fourth-order valence-corrected chi connectivity index (χ4v) is 2.42. The summed E-state index contributed by atoms with van der Waals surface area (Å²) in [4.78, 5) is 0. The molecule has 3 heteroatoms. The predicted octanol–water partition coefficient (Wildman–Crippen LogP) is 3.70. The van der Waals surface area contributed by atoms with Gasteiger partial charge in [0.05, 0.1) is 20.3 Å². The minimum atomic E-state index is -0.166. The SMILES string of the molecule is CCCc1ccc(C(N)c2ccc(OC)c(OC)c2)cc1. The van der Waals surface area contributed by atoms with Gasteiger partial charge in [0, 0.05) is 0 Å². The van der Waals surface area contributed by atoms with Crippen LogP contribution in [0.15, 0.2) is 42.5 Å². The molecular formula is C18H23NO2. The van der Waals surface area contributed by atoms with E-state index in [1.54, 1.807) is 14.2 Å². The molecule has 21 heavy (non-hydrogen) atoms. The van der Waals surface area contributed by atoms with Crippen LogP contribution in [0.4, 0.5) is 0 Å². The second kappa shape index (κ2) is 7.14. The Morgan fingerprint density at radius 1 is 0.905 bits per heavy atom. The highest BCUT2D eigenvalue weighted by Gasteiger charge is 2.12. The van der Waals surface area contributed by atoms with E-state index in [0.29, 0.717) is 11.5 Å². The molecule has 0 bridgehead atoms. The van der Waals surface area contributed by atoms with Gasteiger partial charge in [-0.1, -0.05) is 43.7 Å². The van der Waals surface area contributed by atoms with Gasteiger partial charge in [0.2, 0.25) is 0 Å². The van der Waals surface area contributed by atoms with E-state index in [0.717, 1.165) is 24.0 Å². The van der Waals surface area contributed by atoms with Crippen molar-refractivity contribution >= 4 is 0 Å². The van der Waals surface area contributed by atoms with E-state index in [2.05, 4.69) is 31.2 Å². The van der Waals surface area contributed by atoms with Crippen molar-refractivity contribution < 1.29 is 9.47 Å². The van der Waals surface area contributed by atoms with Crippen LogP contribution < -0.4 is 15.2 Å². The summed E-state index contributed by atoms with van der Waals surface area (Å²) in [5, 5.41) is 0. The minimum absolute atomic E-state index is 0.166. The first-order valence-corrected chi connectivity index (χ1v) is 7.26. The van der Waals surface area contributed by atoms with Crippen molar-refractivity contribution in [3.05, 3.63) is 59.2 Å². The highest BCUT2D eigenvalue weighted by Crippen LogP contribution is 2.31. The largest absolute Gasteiger partial charge is 0.493 e. The maximum absolute atomic E-state index is 6.36. The highest BCUT2D eigenvalue weighted by atomic mass is 16.5. The van der Waals surface area contributed by atoms with Crippen LogP contribution in [-0.4, -0.2) is 14.2 Å². The molecule has 112 valence electrons. The standard InChI is InChI=1S/C18H23NO2/c1-4-5-13-6-8-14(9-7-13)18(19)15-10-11-16(20-2)17(12-15)21-3/h6-12,18H,4-5,19H2,1-3H3. The maximum Gasteiger partial charge on any atom is 0.161 e. The third-order valence-electron chi connectivity index (χ3n) is 3.64. The normalized spacial score (nSPS) is 12.0. The first kappa shape index (κ1) is 15.4. The first-order valence-electron chi connectivity index (χ1n) is 7.26. The molecule has 0 fully saturated rings. The van der Waals surface area contributed by atoms with Gasteiger partial charge in [-0.15, -0.1) is 0 Å². The fourth-order valence-electron chi connectivity index (χ4n) is 2.42. The zero-order valence-corrected chi connectivity index (χ0v) is 12.9. The van der Waals surface area contributed by atoms with Gasteiger partial charge in [0.1, 0.15) is 0 Å². The Bertz CT molecular complexity index is 578. The van der Waals surface area contributed by atoms with Crippen LogP contribution in [0.2, 0.25) is 0 Å². The van der Waals surface area contributed by atoms with Gasteiger partial charge in [0.25, 0.3) is 0 Å². The van der Waals surface area contributed by atoms with Crippen LogP contribution in [0.25, 0.3) is 0 Å². The number of nitrogens with two attached hydrogens (primary N) is 1. The lowest BCUT2D eigenvalue weighted by molar-refractivity contribution is 0.354. The zero-order chi connectivity index (χ0) is 15.2. The molecule has 0 radical (unpaired) electrons. The molecule has 1 unspecified atom stereocenters. The van der Waals surface area contributed by atoms with Crippen molar-refractivity contribution in [2.75, 3.05) is 14.2 Å². The van der Waals surface area contributed by atoms with Crippen molar-refractivity contribution in [1.82, 2.24) is 0 Å². The molecule has 2 aromatic rings. The second-order valence-electron chi connectivity index (χ2n) is 5.08. The van der Waals surface area contributed by atoms with Gasteiger partial charge in [-0.3, -0.25) is 0 Å². The number of hydrogen-bond acceptors (Lipinski definition) is 3. The number of ether oxygens (including phenoxy) is 2. The van der Waals surface area contributed by atoms with Gasteiger partial charge >= 0.3 is 0 Å². The van der Waals surface area contributed by atoms with Crippen molar-refractivity contribution in [2.45, 2.75) is 25.8 Å². The van der Waals surface area contributed by atoms with E-state index in [-0.39, 0.29) is 6.04 Å². The number of hydrogen-bond donors (Lipinski definition) is 1. The molecule has 0 saturated carbocycles. The van der Waals surface area contributed by atoms with E-state index < -0.39 is 0 Å². The van der Waals surface area contributed by atoms with Crippen LogP contribution in [-0.2, 0) is 6.42 Å².